The number of carbonyl (C=O) groups excluding carboxylic acids is 1. The molecule has 0 aliphatic heterocycles. The molecule has 3 aromatic rings. The van der Waals surface area contributed by atoms with Crippen LogP contribution in [0, 0.1) is 0 Å². The average Bonchev–Trinajstić information content (AvgIpc) is 2.74. The molecule has 142 valence electrons. The number of amides is 1. The minimum Gasteiger partial charge on any atom is -0.457 e. The third kappa shape index (κ3) is 5.99. The maximum absolute atomic E-state index is 12.5. The third-order valence-electron chi connectivity index (χ3n) is 3.96. The van der Waals surface area contributed by atoms with Gasteiger partial charge in [-0.3, -0.25) is 9.78 Å². The summed E-state index contributed by atoms with van der Waals surface area (Å²) in [5.74, 6) is 2.19. The van der Waals surface area contributed by atoms with Crippen LogP contribution in [-0.4, -0.2) is 10.9 Å². The van der Waals surface area contributed by atoms with E-state index in [9.17, 15) is 4.79 Å². The monoisotopic (exact) mass is 390 g/mol. The van der Waals surface area contributed by atoms with Crippen LogP contribution in [0.3, 0.4) is 0 Å². The lowest BCUT2D eigenvalue weighted by Gasteiger charge is -2.10. The molecule has 0 atom stereocenters. The zero-order valence-corrected chi connectivity index (χ0v) is 16.5. The second kappa shape index (κ2) is 10.3. The molecule has 1 aromatic heterocycles. The Balaban J connectivity index is 1.54. The number of carbonyl (C=O) groups is 1. The number of pyridine rings is 1. The zero-order chi connectivity index (χ0) is 19.6. The van der Waals surface area contributed by atoms with Gasteiger partial charge in [0.1, 0.15) is 11.5 Å². The van der Waals surface area contributed by atoms with Crippen molar-refractivity contribution in [2.75, 3.05) is 0 Å². The Hall–Kier alpha value is -3.05. The Kier molecular flexibility index (Phi) is 7.27. The number of benzene rings is 2. The summed E-state index contributed by atoms with van der Waals surface area (Å²) in [6, 6.07) is 21.3. The summed E-state index contributed by atoms with van der Waals surface area (Å²) in [7, 11) is 0. The number of ether oxygens (including phenoxy) is 1. The van der Waals surface area contributed by atoms with E-state index in [2.05, 4.69) is 10.3 Å². The van der Waals surface area contributed by atoms with Crippen LogP contribution in [0.4, 0.5) is 0 Å². The molecule has 0 unspecified atom stereocenters. The molecule has 0 aliphatic rings. The highest BCUT2D eigenvalue weighted by Crippen LogP contribution is 2.23. The zero-order valence-electron chi connectivity index (χ0n) is 15.7. The number of para-hydroxylation sites is 1. The van der Waals surface area contributed by atoms with Gasteiger partial charge in [0.25, 0.3) is 5.91 Å². The third-order valence-corrected chi connectivity index (χ3v) is 5.17. The van der Waals surface area contributed by atoms with E-state index in [4.69, 9.17) is 4.74 Å². The van der Waals surface area contributed by atoms with Crippen LogP contribution in [0.2, 0.25) is 0 Å². The van der Waals surface area contributed by atoms with Gasteiger partial charge in [-0.15, -0.1) is 11.8 Å². The molecule has 0 fully saturated rings. The first-order chi connectivity index (χ1) is 13.7. The molecule has 4 nitrogen and oxygen atoms in total. The van der Waals surface area contributed by atoms with Gasteiger partial charge in [-0.25, -0.2) is 0 Å². The number of hydrogen-bond acceptors (Lipinski definition) is 4. The number of aromatic nitrogens is 1. The maximum atomic E-state index is 12.5. The van der Waals surface area contributed by atoms with Gasteiger partial charge in [-0.1, -0.05) is 36.4 Å². The van der Waals surface area contributed by atoms with Crippen molar-refractivity contribution >= 4 is 17.7 Å². The second-order valence-corrected chi connectivity index (χ2v) is 7.06. The molecule has 5 heteroatoms. The molecule has 0 bridgehead atoms. The van der Waals surface area contributed by atoms with Gasteiger partial charge in [-0.05, 0) is 54.4 Å². The first-order valence-corrected chi connectivity index (χ1v) is 10.0. The highest BCUT2D eigenvalue weighted by molar-refractivity contribution is 8.03. The smallest absolute Gasteiger partial charge is 0.257 e. The standard InChI is InChI=1S/C23H22N2O2S/c1-2-22(28-17-18-11-13-24-14-12-18)23(26)25-16-19-7-6-10-21(15-19)27-20-8-4-3-5-9-20/h2-15H,16-17H2,1H3,(H,25,26)/b22-2-. The van der Waals surface area contributed by atoms with Gasteiger partial charge in [-0.2, -0.15) is 0 Å². The Morgan fingerprint density at radius 2 is 1.75 bits per heavy atom. The van der Waals surface area contributed by atoms with E-state index in [0.29, 0.717) is 11.4 Å². The van der Waals surface area contributed by atoms with Crippen molar-refractivity contribution in [2.45, 2.75) is 19.2 Å². The molecule has 28 heavy (non-hydrogen) atoms. The molecule has 1 heterocycles. The number of nitrogens with one attached hydrogen (secondary N) is 1. The molecule has 0 aliphatic carbocycles. The number of nitrogens with zero attached hydrogens (tertiary/aromatic N) is 1. The number of hydrogen-bond donors (Lipinski definition) is 1. The van der Waals surface area contributed by atoms with Gasteiger partial charge in [0.15, 0.2) is 0 Å². The van der Waals surface area contributed by atoms with Crippen molar-refractivity contribution in [1.29, 1.82) is 0 Å². The maximum Gasteiger partial charge on any atom is 0.257 e. The van der Waals surface area contributed by atoms with Crippen molar-refractivity contribution in [2.24, 2.45) is 0 Å². The van der Waals surface area contributed by atoms with Crippen LogP contribution < -0.4 is 10.1 Å². The number of rotatable bonds is 8. The largest absolute Gasteiger partial charge is 0.457 e. The van der Waals surface area contributed by atoms with Crippen LogP contribution in [-0.2, 0) is 17.1 Å². The highest BCUT2D eigenvalue weighted by Gasteiger charge is 2.09. The summed E-state index contributed by atoms with van der Waals surface area (Å²) in [5, 5.41) is 2.98. The lowest BCUT2D eigenvalue weighted by Crippen LogP contribution is -2.23. The first kappa shape index (κ1) is 19.7. The van der Waals surface area contributed by atoms with Crippen molar-refractivity contribution in [3.63, 3.8) is 0 Å². The number of allylic oxidation sites excluding steroid dienone is 1. The van der Waals surface area contributed by atoms with E-state index >= 15 is 0 Å². The summed E-state index contributed by atoms with van der Waals surface area (Å²) in [5.41, 5.74) is 2.12. The molecule has 3 rings (SSSR count). The normalized spacial score (nSPS) is 11.1. The minimum atomic E-state index is -0.0732. The van der Waals surface area contributed by atoms with Crippen molar-refractivity contribution in [1.82, 2.24) is 10.3 Å². The summed E-state index contributed by atoms with van der Waals surface area (Å²) < 4.78 is 5.85. The quantitative estimate of drug-likeness (QED) is 0.528. The van der Waals surface area contributed by atoms with Crippen LogP contribution in [0.5, 0.6) is 11.5 Å². The van der Waals surface area contributed by atoms with Crippen LogP contribution in [0.1, 0.15) is 18.1 Å². The van der Waals surface area contributed by atoms with Crippen molar-refractivity contribution in [3.8, 4) is 11.5 Å². The second-order valence-electron chi connectivity index (χ2n) is 6.04. The molecule has 1 N–H and O–H groups in total. The van der Waals surface area contributed by atoms with Crippen molar-refractivity contribution in [3.05, 3.63) is 101 Å². The molecule has 0 saturated carbocycles. The van der Waals surface area contributed by atoms with Gasteiger partial charge in [0, 0.05) is 24.7 Å². The van der Waals surface area contributed by atoms with Gasteiger partial charge in [0.2, 0.25) is 0 Å². The molecule has 0 spiro atoms. The fourth-order valence-corrected chi connectivity index (χ4v) is 3.42. The van der Waals surface area contributed by atoms with E-state index in [-0.39, 0.29) is 5.91 Å². The van der Waals surface area contributed by atoms with Gasteiger partial charge < -0.3 is 10.1 Å². The minimum absolute atomic E-state index is 0.0732. The summed E-state index contributed by atoms with van der Waals surface area (Å²) in [4.78, 5) is 17.2. The fourth-order valence-electron chi connectivity index (χ4n) is 2.53. The Morgan fingerprint density at radius 1 is 1.00 bits per heavy atom. The molecular weight excluding hydrogens is 368 g/mol. The molecule has 0 saturated heterocycles. The predicted molar refractivity (Wildman–Crippen MR) is 114 cm³/mol. The van der Waals surface area contributed by atoms with Crippen molar-refractivity contribution < 1.29 is 9.53 Å². The van der Waals surface area contributed by atoms with Crippen LogP contribution in [0.25, 0.3) is 0 Å². The summed E-state index contributed by atoms with van der Waals surface area (Å²) >= 11 is 1.52. The Bertz CT molecular complexity index is 928. The van der Waals surface area contributed by atoms with Gasteiger partial charge in [0.05, 0.1) is 4.91 Å². The highest BCUT2D eigenvalue weighted by atomic mass is 32.2. The predicted octanol–water partition coefficient (Wildman–Crippen LogP) is 5.33. The average molecular weight is 391 g/mol. The Labute approximate surface area is 169 Å². The van der Waals surface area contributed by atoms with E-state index in [0.717, 1.165) is 28.4 Å². The van der Waals surface area contributed by atoms with E-state index in [1.165, 1.54) is 11.8 Å². The number of thioether (sulfide) groups is 1. The Morgan fingerprint density at radius 3 is 2.50 bits per heavy atom. The van der Waals surface area contributed by atoms with Gasteiger partial charge >= 0.3 is 0 Å². The molecule has 1 amide bonds. The van der Waals surface area contributed by atoms with E-state index < -0.39 is 0 Å². The first-order valence-electron chi connectivity index (χ1n) is 9.02. The van der Waals surface area contributed by atoms with E-state index in [1.54, 1.807) is 12.4 Å². The summed E-state index contributed by atoms with van der Waals surface area (Å²) in [6.07, 6.45) is 5.36. The SMILES string of the molecule is C/C=C(\SCc1ccncc1)C(=O)NCc1cccc(Oc2ccccc2)c1. The topological polar surface area (TPSA) is 51.2 Å². The van der Waals surface area contributed by atoms with Crippen LogP contribution in [0.15, 0.2) is 90.1 Å². The van der Waals surface area contributed by atoms with E-state index in [1.807, 2.05) is 79.7 Å². The fraction of sp³-hybridized carbons (Fsp3) is 0.130. The van der Waals surface area contributed by atoms with Crippen LogP contribution >= 0.6 is 11.8 Å². The lowest BCUT2D eigenvalue weighted by atomic mass is 10.2. The molecule has 0 radical (unpaired) electrons. The lowest BCUT2D eigenvalue weighted by molar-refractivity contribution is -0.116. The molecule has 2 aromatic carbocycles. The summed E-state index contributed by atoms with van der Waals surface area (Å²) in [6.45, 7) is 2.32. The molecular formula is C23H22N2O2S.